The molecule has 2 unspecified atom stereocenters. The topological polar surface area (TPSA) is 61.9 Å². The Morgan fingerprint density at radius 2 is 1.74 bits per heavy atom. The highest BCUT2D eigenvalue weighted by Gasteiger charge is 2.57. The summed E-state index contributed by atoms with van der Waals surface area (Å²) in [5.74, 6) is 0.969. The molecule has 0 bridgehead atoms. The molecule has 1 aliphatic carbocycles. The molecule has 35 heavy (non-hydrogen) atoms. The molecule has 3 aliphatic rings. The summed E-state index contributed by atoms with van der Waals surface area (Å²) >= 11 is 0. The van der Waals surface area contributed by atoms with Crippen LogP contribution < -0.4 is 10.2 Å². The molecule has 190 valence electrons. The lowest BCUT2D eigenvalue weighted by atomic mass is 10.1. The highest BCUT2D eigenvalue weighted by molar-refractivity contribution is 7.89. The van der Waals surface area contributed by atoms with E-state index >= 15 is 0 Å². The number of unbranched alkanes of at least 4 members (excludes halogenated alkanes) is 2. The van der Waals surface area contributed by atoms with E-state index in [4.69, 9.17) is 4.74 Å². The summed E-state index contributed by atoms with van der Waals surface area (Å²) < 4.78 is 47.9. The van der Waals surface area contributed by atoms with Crippen molar-refractivity contribution in [3.05, 3.63) is 53.8 Å². The number of hydrogen-bond donors (Lipinski definition) is 1. The van der Waals surface area contributed by atoms with E-state index in [1.54, 1.807) is 22.5 Å². The van der Waals surface area contributed by atoms with E-state index in [-0.39, 0.29) is 5.82 Å². The Labute approximate surface area is 208 Å². The average Bonchev–Trinajstić information content (AvgIpc) is 3.31. The standard InChI is InChI=1S/C27H36FN3O3S/c1-2-3-4-5-20-6-9-22(10-7-20)35(32,33)31-18-24-23(25(24)19-31)17-29-21-8-11-27(26(28)16-21)30-12-14-34-15-13-30/h6-11,16,23-25,29H,2-5,12-15,17-19H2,1H3. The van der Waals surface area contributed by atoms with Crippen LogP contribution in [-0.2, 0) is 21.2 Å². The van der Waals surface area contributed by atoms with Crippen LogP contribution in [-0.4, -0.2) is 58.7 Å². The third kappa shape index (κ3) is 5.34. The van der Waals surface area contributed by atoms with Crippen molar-refractivity contribution < 1.29 is 17.5 Å². The molecule has 0 amide bonds. The van der Waals surface area contributed by atoms with Gasteiger partial charge in [0.25, 0.3) is 0 Å². The highest BCUT2D eigenvalue weighted by Crippen LogP contribution is 2.52. The first-order valence-electron chi connectivity index (χ1n) is 12.9. The van der Waals surface area contributed by atoms with Gasteiger partial charge in [0.1, 0.15) is 5.82 Å². The van der Waals surface area contributed by atoms with E-state index in [0.717, 1.165) is 25.1 Å². The molecule has 2 aromatic carbocycles. The molecule has 0 aromatic heterocycles. The molecule has 8 heteroatoms. The lowest BCUT2D eigenvalue weighted by molar-refractivity contribution is 0.122. The first-order valence-corrected chi connectivity index (χ1v) is 14.4. The summed E-state index contributed by atoms with van der Waals surface area (Å²) in [6.07, 6.45) is 4.51. The maximum atomic E-state index is 14.7. The van der Waals surface area contributed by atoms with Crippen LogP contribution in [0.3, 0.4) is 0 Å². The number of benzene rings is 2. The number of nitrogens with one attached hydrogen (secondary N) is 1. The predicted molar refractivity (Wildman–Crippen MR) is 137 cm³/mol. The molecular weight excluding hydrogens is 465 g/mol. The van der Waals surface area contributed by atoms with Crippen molar-refractivity contribution in [3.8, 4) is 0 Å². The van der Waals surface area contributed by atoms with Crippen molar-refractivity contribution in [1.29, 1.82) is 0 Å². The second kappa shape index (κ2) is 10.4. The number of halogens is 1. The summed E-state index contributed by atoms with van der Waals surface area (Å²) in [6.45, 7) is 6.73. The van der Waals surface area contributed by atoms with Crippen LogP contribution in [0, 0.1) is 23.6 Å². The summed E-state index contributed by atoms with van der Waals surface area (Å²) in [6, 6.07) is 12.7. The van der Waals surface area contributed by atoms with Crippen molar-refractivity contribution in [2.24, 2.45) is 17.8 Å². The van der Waals surface area contributed by atoms with Crippen molar-refractivity contribution in [1.82, 2.24) is 4.31 Å². The molecular formula is C27H36FN3O3S. The largest absolute Gasteiger partial charge is 0.385 e. The zero-order valence-corrected chi connectivity index (χ0v) is 21.3. The molecule has 1 N–H and O–H groups in total. The molecule has 0 radical (unpaired) electrons. The summed E-state index contributed by atoms with van der Waals surface area (Å²) in [5, 5.41) is 3.37. The van der Waals surface area contributed by atoms with Gasteiger partial charge in [0.15, 0.2) is 0 Å². The van der Waals surface area contributed by atoms with E-state index in [1.807, 2.05) is 29.2 Å². The second-order valence-electron chi connectivity index (χ2n) is 10.1. The van der Waals surface area contributed by atoms with Crippen molar-refractivity contribution in [2.75, 3.05) is 56.2 Å². The smallest absolute Gasteiger partial charge is 0.243 e. The van der Waals surface area contributed by atoms with Gasteiger partial charge in [-0.25, -0.2) is 12.8 Å². The Kier molecular flexibility index (Phi) is 7.32. The lowest BCUT2D eigenvalue weighted by Crippen LogP contribution is -2.36. The van der Waals surface area contributed by atoms with Crippen LogP contribution in [0.15, 0.2) is 47.4 Å². The van der Waals surface area contributed by atoms with Gasteiger partial charge in [-0.1, -0.05) is 31.9 Å². The van der Waals surface area contributed by atoms with Crippen molar-refractivity contribution in [3.63, 3.8) is 0 Å². The summed E-state index contributed by atoms with van der Waals surface area (Å²) in [7, 11) is -3.45. The van der Waals surface area contributed by atoms with Crippen molar-refractivity contribution in [2.45, 2.75) is 37.5 Å². The molecule has 1 saturated carbocycles. The van der Waals surface area contributed by atoms with Crippen LogP contribution in [0.2, 0.25) is 0 Å². The fourth-order valence-corrected chi connectivity index (χ4v) is 7.09. The SMILES string of the molecule is CCCCCc1ccc(S(=O)(=O)N2CC3C(CNc4ccc(N5CCOCC5)c(F)c4)C3C2)cc1. The molecule has 2 heterocycles. The summed E-state index contributed by atoms with van der Waals surface area (Å²) in [4.78, 5) is 2.41. The van der Waals surface area contributed by atoms with Crippen molar-refractivity contribution >= 4 is 21.4 Å². The number of rotatable bonds is 10. The number of piperidine rings is 1. The molecule has 6 nitrogen and oxygen atoms in total. The van der Waals surface area contributed by atoms with Crippen LogP contribution >= 0.6 is 0 Å². The molecule has 2 aliphatic heterocycles. The molecule has 2 aromatic rings. The molecule has 2 atom stereocenters. The minimum absolute atomic E-state index is 0.221. The maximum absolute atomic E-state index is 14.7. The predicted octanol–water partition coefficient (Wildman–Crippen LogP) is 4.37. The van der Waals surface area contributed by atoms with Gasteiger partial charge < -0.3 is 15.0 Å². The molecule has 3 fully saturated rings. The molecule has 0 spiro atoms. The fraction of sp³-hybridized carbons (Fsp3) is 0.556. The minimum Gasteiger partial charge on any atom is -0.385 e. The van der Waals surface area contributed by atoms with E-state index in [0.29, 0.717) is 67.7 Å². The first-order chi connectivity index (χ1) is 17.0. The quantitative estimate of drug-likeness (QED) is 0.490. The Morgan fingerprint density at radius 3 is 2.40 bits per heavy atom. The Hall–Kier alpha value is -2.16. The Bertz CT molecular complexity index is 1110. The van der Waals surface area contributed by atoms with Gasteiger partial charge in [-0.2, -0.15) is 4.31 Å². The van der Waals surface area contributed by atoms with E-state index in [9.17, 15) is 12.8 Å². The van der Waals surface area contributed by atoms with Gasteiger partial charge in [-0.3, -0.25) is 0 Å². The number of anilines is 2. The number of morpholine rings is 1. The normalized spacial score (nSPS) is 24.4. The minimum atomic E-state index is -3.45. The summed E-state index contributed by atoms with van der Waals surface area (Å²) in [5.41, 5.74) is 2.59. The highest BCUT2D eigenvalue weighted by atomic mass is 32.2. The van der Waals surface area contributed by atoms with Gasteiger partial charge in [-0.15, -0.1) is 0 Å². The van der Waals surface area contributed by atoms with Crippen LogP contribution in [0.4, 0.5) is 15.8 Å². The number of fused-ring (bicyclic) bond motifs is 1. The van der Waals surface area contributed by atoms with E-state index < -0.39 is 10.0 Å². The number of hydrogen-bond acceptors (Lipinski definition) is 5. The monoisotopic (exact) mass is 501 g/mol. The van der Waals surface area contributed by atoms with Gasteiger partial charge in [0.05, 0.1) is 23.8 Å². The van der Waals surface area contributed by atoms with Crippen LogP contribution in [0.5, 0.6) is 0 Å². The zero-order valence-electron chi connectivity index (χ0n) is 20.5. The molecule has 5 rings (SSSR count). The van der Waals surface area contributed by atoms with Gasteiger partial charge >= 0.3 is 0 Å². The van der Waals surface area contributed by atoms with Gasteiger partial charge in [0.2, 0.25) is 10.0 Å². The Morgan fingerprint density at radius 1 is 1.03 bits per heavy atom. The fourth-order valence-electron chi connectivity index (χ4n) is 5.58. The van der Waals surface area contributed by atoms with Gasteiger partial charge in [0, 0.05) is 38.4 Å². The zero-order chi connectivity index (χ0) is 24.4. The Balaban J connectivity index is 1.11. The average molecular weight is 502 g/mol. The number of ether oxygens (including phenoxy) is 1. The lowest BCUT2D eigenvalue weighted by Gasteiger charge is -2.29. The van der Waals surface area contributed by atoms with Crippen LogP contribution in [0.25, 0.3) is 0 Å². The van der Waals surface area contributed by atoms with E-state index in [1.165, 1.54) is 18.4 Å². The molecule has 2 saturated heterocycles. The second-order valence-corrected chi connectivity index (χ2v) is 12.0. The number of aryl methyl sites for hydroxylation is 1. The number of sulfonamides is 1. The third-order valence-electron chi connectivity index (χ3n) is 7.81. The first kappa shape index (κ1) is 24.5. The van der Waals surface area contributed by atoms with E-state index in [2.05, 4.69) is 12.2 Å². The number of nitrogens with zero attached hydrogens (tertiary/aromatic N) is 2. The van der Waals surface area contributed by atoms with Gasteiger partial charge in [-0.05, 0) is 66.5 Å². The maximum Gasteiger partial charge on any atom is 0.243 e. The third-order valence-corrected chi connectivity index (χ3v) is 9.66. The van der Waals surface area contributed by atoms with Crippen LogP contribution in [0.1, 0.15) is 31.7 Å².